The maximum atomic E-state index is 13.6. The van der Waals surface area contributed by atoms with E-state index in [1.165, 1.54) is 46.9 Å². The molecule has 0 radical (unpaired) electrons. The highest BCUT2D eigenvalue weighted by molar-refractivity contribution is 7.14. The molecule has 0 fully saturated rings. The summed E-state index contributed by atoms with van der Waals surface area (Å²) < 4.78 is 18.8. The van der Waals surface area contributed by atoms with Crippen LogP contribution in [-0.2, 0) is 22.6 Å². The largest absolute Gasteiger partial charge is 0.455 e. The van der Waals surface area contributed by atoms with E-state index in [0.717, 1.165) is 6.42 Å². The number of amides is 1. The number of halogens is 1. The number of aromatic nitrogens is 1. The normalized spacial score (nSPS) is 10.5. The molecule has 144 valence electrons. The van der Waals surface area contributed by atoms with E-state index in [-0.39, 0.29) is 18.1 Å². The molecule has 0 aliphatic carbocycles. The summed E-state index contributed by atoms with van der Waals surface area (Å²) in [5.74, 6) is -1.57. The summed E-state index contributed by atoms with van der Waals surface area (Å²) in [4.78, 5) is 30.1. The first-order valence-corrected chi connectivity index (χ1v) is 9.63. The molecule has 0 aliphatic rings. The van der Waals surface area contributed by atoms with Gasteiger partial charge in [0.25, 0.3) is 0 Å². The predicted octanol–water partition coefficient (Wildman–Crippen LogP) is 4.89. The van der Waals surface area contributed by atoms with Gasteiger partial charge in [-0.05, 0) is 36.2 Å². The van der Waals surface area contributed by atoms with Gasteiger partial charge >= 0.3 is 5.97 Å². The molecule has 1 amide bonds. The number of carbonyl (C=O) groups is 2. The molecule has 7 heteroatoms. The van der Waals surface area contributed by atoms with Crippen molar-refractivity contribution in [3.63, 3.8) is 0 Å². The van der Waals surface area contributed by atoms with Gasteiger partial charge in [0.2, 0.25) is 5.91 Å². The average Bonchev–Trinajstić information content (AvgIpc) is 3.15. The molecule has 5 nitrogen and oxygen atoms in total. The van der Waals surface area contributed by atoms with E-state index in [4.69, 9.17) is 4.74 Å². The van der Waals surface area contributed by atoms with E-state index in [1.54, 1.807) is 11.4 Å². The molecular formula is C21H19FN2O3S. The van der Waals surface area contributed by atoms with Crippen molar-refractivity contribution in [3.05, 3.63) is 76.5 Å². The minimum atomic E-state index is -0.758. The van der Waals surface area contributed by atoms with Crippen LogP contribution in [0.2, 0.25) is 0 Å². The summed E-state index contributed by atoms with van der Waals surface area (Å²) in [6.45, 7) is 3.42. The lowest BCUT2D eigenvalue weighted by Gasteiger charge is -2.18. The molecule has 0 bridgehead atoms. The number of ether oxygens (including phenoxy) is 1. The first-order chi connectivity index (χ1) is 13.5. The number of rotatable bonds is 6. The highest BCUT2D eigenvalue weighted by Crippen LogP contribution is 2.29. The minimum Gasteiger partial charge on any atom is -0.455 e. The molecule has 0 saturated carbocycles. The average molecular weight is 398 g/mol. The van der Waals surface area contributed by atoms with Gasteiger partial charge in [-0.1, -0.05) is 31.2 Å². The fourth-order valence-electron chi connectivity index (χ4n) is 2.62. The van der Waals surface area contributed by atoms with Gasteiger partial charge in [0.1, 0.15) is 12.4 Å². The number of thiazole rings is 1. The van der Waals surface area contributed by atoms with Crippen LogP contribution in [0.4, 0.5) is 15.2 Å². The van der Waals surface area contributed by atoms with Crippen LogP contribution in [-0.4, -0.2) is 16.9 Å². The van der Waals surface area contributed by atoms with Crippen LogP contribution in [0.25, 0.3) is 0 Å². The Balaban J connectivity index is 1.73. The Morgan fingerprint density at radius 2 is 1.86 bits per heavy atom. The zero-order valence-corrected chi connectivity index (χ0v) is 16.3. The highest BCUT2D eigenvalue weighted by atomic mass is 32.1. The Hall–Kier alpha value is -3.06. The number of hydrogen-bond donors (Lipinski definition) is 0. The molecule has 3 aromatic rings. The Labute approximate surface area is 166 Å². The van der Waals surface area contributed by atoms with Gasteiger partial charge in [-0.3, -0.25) is 9.69 Å². The van der Waals surface area contributed by atoms with E-state index in [1.807, 2.05) is 24.3 Å². The first-order valence-electron chi connectivity index (χ1n) is 8.75. The van der Waals surface area contributed by atoms with Crippen LogP contribution in [0.15, 0.2) is 53.9 Å². The monoisotopic (exact) mass is 398 g/mol. The predicted molar refractivity (Wildman–Crippen MR) is 106 cm³/mol. The molecule has 28 heavy (non-hydrogen) atoms. The molecule has 0 unspecified atom stereocenters. The third-order valence-corrected chi connectivity index (χ3v) is 4.97. The number of esters is 1. The maximum absolute atomic E-state index is 13.6. The van der Waals surface area contributed by atoms with Gasteiger partial charge in [0.05, 0.1) is 16.9 Å². The number of anilines is 2. The number of carbonyl (C=O) groups excluding carboxylic acids is 2. The Morgan fingerprint density at radius 3 is 2.50 bits per heavy atom. The Kier molecular flexibility index (Phi) is 6.16. The molecule has 0 aliphatic heterocycles. The summed E-state index contributed by atoms with van der Waals surface area (Å²) in [7, 11) is 0. The molecule has 1 aromatic heterocycles. The van der Waals surface area contributed by atoms with Gasteiger partial charge in [-0.15, -0.1) is 11.3 Å². The van der Waals surface area contributed by atoms with Crippen molar-refractivity contribution in [2.45, 2.75) is 26.9 Å². The van der Waals surface area contributed by atoms with Crippen molar-refractivity contribution < 1.29 is 18.7 Å². The zero-order valence-electron chi connectivity index (χ0n) is 15.5. The number of benzene rings is 2. The van der Waals surface area contributed by atoms with E-state index in [2.05, 4.69) is 11.9 Å². The SMILES string of the molecule is CCc1ccc(N(C(C)=O)c2nc(COC(=O)c3ccccc3F)cs2)cc1. The van der Waals surface area contributed by atoms with Gasteiger partial charge < -0.3 is 4.74 Å². The molecule has 0 spiro atoms. The number of aryl methyl sites for hydroxylation is 1. The van der Waals surface area contributed by atoms with Crippen molar-refractivity contribution in [1.82, 2.24) is 4.98 Å². The third-order valence-electron chi connectivity index (χ3n) is 4.09. The quantitative estimate of drug-likeness (QED) is 0.555. The van der Waals surface area contributed by atoms with Gasteiger partial charge in [-0.25, -0.2) is 14.2 Å². The highest BCUT2D eigenvalue weighted by Gasteiger charge is 2.19. The molecular weight excluding hydrogens is 379 g/mol. The summed E-state index contributed by atoms with van der Waals surface area (Å²) in [5.41, 5.74) is 2.25. The Morgan fingerprint density at radius 1 is 1.14 bits per heavy atom. The summed E-state index contributed by atoms with van der Waals surface area (Å²) in [5, 5.41) is 2.19. The molecule has 3 rings (SSSR count). The van der Waals surface area contributed by atoms with Crippen molar-refractivity contribution in [2.75, 3.05) is 4.90 Å². The third kappa shape index (κ3) is 4.43. The number of hydrogen-bond acceptors (Lipinski definition) is 5. The second-order valence-corrected chi connectivity index (χ2v) is 6.89. The van der Waals surface area contributed by atoms with E-state index in [9.17, 15) is 14.0 Å². The Bertz CT molecular complexity index is 985. The van der Waals surface area contributed by atoms with Gasteiger partial charge in [0.15, 0.2) is 5.13 Å². The van der Waals surface area contributed by atoms with E-state index < -0.39 is 11.8 Å². The molecule has 2 aromatic carbocycles. The van der Waals surface area contributed by atoms with Crippen LogP contribution >= 0.6 is 11.3 Å². The van der Waals surface area contributed by atoms with Crippen LogP contribution in [0.3, 0.4) is 0 Å². The second kappa shape index (κ2) is 8.75. The standard InChI is InChI=1S/C21H19FN2O3S/c1-3-15-8-10-17(11-9-15)24(14(2)25)21-23-16(13-28-21)12-27-20(26)18-6-4-5-7-19(18)22/h4-11,13H,3,12H2,1-2H3. The lowest BCUT2D eigenvalue weighted by Crippen LogP contribution is -2.22. The number of nitrogens with zero attached hydrogens (tertiary/aromatic N) is 2. The second-order valence-electron chi connectivity index (χ2n) is 6.05. The summed E-state index contributed by atoms with van der Waals surface area (Å²) >= 11 is 1.27. The van der Waals surface area contributed by atoms with Gasteiger partial charge in [0, 0.05) is 12.3 Å². The van der Waals surface area contributed by atoms with Crippen molar-refractivity contribution >= 4 is 34.0 Å². The first kappa shape index (κ1) is 19.7. The van der Waals surface area contributed by atoms with Crippen molar-refractivity contribution in [2.24, 2.45) is 0 Å². The van der Waals surface area contributed by atoms with E-state index >= 15 is 0 Å². The van der Waals surface area contributed by atoms with Crippen LogP contribution in [0.1, 0.15) is 35.5 Å². The topological polar surface area (TPSA) is 59.5 Å². The van der Waals surface area contributed by atoms with Gasteiger partial charge in [-0.2, -0.15) is 0 Å². The molecule has 0 atom stereocenters. The lowest BCUT2D eigenvalue weighted by molar-refractivity contribution is -0.115. The zero-order chi connectivity index (χ0) is 20.1. The molecule has 1 heterocycles. The summed E-state index contributed by atoms with van der Waals surface area (Å²) in [6, 6.07) is 13.3. The van der Waals surface area contributed by atoms with Crippen LogP contribution < -0.4 is 4.90 Å². The lowest BCUT2D eigenvalue weighted by atomic mass is 10.1. The summed E-state index contributed by atoms with van der Waals surface area (Å²) in [6.07, 6.45) is 0.912. The van der Waals surface area contributed by atoms with Crippen molar-refractivity contribution in [3.8, 4) is 0 Å². The van der Waals surface area contributed by atoms with E-state index in [0.29, 0.717) is 16.5 Å². The fourth-order valence-corrected chi connectivity index (χ4v) is 3.49. The smallest absolute Gasteiger partial charge is 0.341 e. The van der Waals surface area contributed by atoms with Crippen LogP contribution in [0, 0.1) is 5.82 Å². The van der Waals surface area contributed by atoms with Crippen LogP contribution in [0.5, 0.6) is 0 Å². The minimum absolute atomic E-state index is 0.107. The van der Waals surface area contributed by atoms with Crippen molar-refractivity contribution in [1.29, 1.82) is 0 Å². The molecule has 0 saturated heterocycles. The molecule has 0 N–H and O–H groups in total. The fraction of sp³-hybridized carbons (Fsp3) is 0.190. The maximum Gasteiger partial charge on any atom is 0.341 e.